The van der Waals surface area contributed by atoms with Gasteiger partial charge in [-0.15, -0.1) is 0 Å². The maximum atomic E-state index is 12.3. The molecular weight excluding hydrogens is 238 g/mol. The molecule has 0 atom stereocenters. The second kappa shape index (κ2) is 6.55. The molecule has 1 N–H and O–H groups in total. The van der Waals surface area contributed by atoms with Gasteiger partial charge >= 0.3 is 0 Å². The summed E-state index contributed by atoms with van der Waals surface area (Å²) >= 11 is 0. The molecule has 0 saturated carbocycles. The Bertz CT molecular complexity index is 408. The molecule has 2 heterocycles. The molecule has 2 rings (SSSR count). The molecule has 1 amide bonds. The number of nitrogens with one attached hydrogen (secondary N) is 1. The van der Waals surface area contributed by atoms with E-state index in [1.165, 1.54) is 12.8 Å². The SMILES string of the molecule is CCCC1CCN(C(=O)c2ccc(NC)cn2)CC1. The number of carbonyl (C=O) groups is 1. The fraction of sp³-hybridized carbons (Fsp3) is 0.600. The van der Waals surface area contributed by atoms with E-state index in [2.05, 4.69) is 17.2 Å². The molecule has 104 valence electrons. The van der Waals surface area contributed by atoms with Crippen molar-refractivity contribution in [1.29, 1.82) is 0 Å². The number of hydrogen-bond acceptors (Lipinski definition) is 3. The molecular formula is C15H23N3O. The number of carbonyl (C=O) groups excluding carboxylic acids is 1. The zero-order valence-electron chi connectivity index (χ0n) is 11.9. The Hall–Kier alpha value is -1.58. The first-order valence-corrected chi connectivity index (χ1v) is 7.17. The van der Waals surface area contributed by atoms with Crippen LogP contribution in [-0.2, 0) is 0 Å². The number of amides is 1. The first-order chi connectivity index (χ1) is 9.24. The third-order valence-electron chi connectivity index (χ3n) is 3.87. The highest BCUT2D eigenvalue weighted by atomic mass is 16.2. The van der Waals surface area contributed by atoms with Crippen molar-refractivity contribution in [3.8, 4) is 0 Å². The van der Waals surface area contributed by atoms with Crippen LogP contribution in [-0.4, -0.2) is 35.9 Å². The second-order valence-corrected chi connectivity index (χ2v) is 5.21. The third-order valence-corrected chi connectivity index (χ3v) is 3.87. The van der Waals surface area contributed by atoms with Crippen LogP contribution in [0.15, 0.2) is 18.3 Å². The minimum absolute atomic E-state index is 0.0672. The summed E-state index contributed by atoms with van der Waals surface area (Å²) in [5.74, 6) is 0.867. The molecule has 1 saturated heterocycles. The summed E-state index contributed by atoms with van der Waals surface area (Å²) in [6, 6.07) is 3.69. The molecule has 19 heavy (non-hydrogen) atoms. The highest BCUT2D eigenvalue weighted by Crippen LogP contribution is 2.22. The Labute approximate surface area is 115 Å². The molecule has 1 fully saturated rings. The summed E-state index contributed by atoms with van der Waals surface area (Å²) < 4.78 is 0. The van der Waals surface area contributed by atoms with Crippen molar-refractivity contribution in [3.05, 3.63) is 24.0 Å². The monoisotopic (exact) mass is 261 g/mol. The predicted octanol–water partition coefficient (Wildman–Crippen LogP) is 2.78. The van der Waals surface area contributed by atoms with E-state index in [4.69, 9.17) is 0 Å². The van der Waals surface area contributed by atoms with E-state index in [1.54, 1.807) is 12.3 Å². The van der Waals surface area contributed by atoms with Gasteiger partial charge in [0.1, 0.15) is 5.69 Å². The summed E-state index contributed by atoms with van der Waals surface area (Å²) in [6.45, 7) is 3.97. The van der Waals surface area contributed by atoms with Crippen molar-refractivity contribution in [1.82, 2.24) is 9.88 Å². The number of pyridine rings is 1. The van der Waals surface area contributed by atoms with Gasteiger partial charge in [0.25, 0.3) is 5.91 Å². The van der Waals surface area contributed by atoms with Gasteiger partial charge in [0.15, 0.2) is 0 Å². The molecule has 0 aliphatic carbocycles. The maximum absolute atomic E-state index is 12.3. The summed E-state index contributed by atoms with van der Waals surface area (Å²) in [4.78, 5) is 18.5. The van der Waals surface area contributed by atoms with E-state index >= 15 is 0 Å². The molecule has 0 aromatic carbocycles. The lowest BCUT2D eigenvalue weighted by atomic mass is 9.92. The van der Waals surface area contributed by atoms with Crippen LogP contribution in [0.2, 0.25) is 0 Å². The quantitative estimate of drug-likeness (QED) is 0.906. The van der Waals surface area contributed by atoms with Crippen LogP contribution < -0.4 is 5.32 Å². The van der Waals surface area contributed by atoms with E-state index in [0.717, 1.165) is 37.5 Å². The average Bonchev–Trinajstić information content (AvgIpc) is 2.48. The van der Waals surface area contributed by atoms with E-state index in [1.807, 2.05) is 18.0 Å². The Kier molecular flexibility index (Phi) is 4.77. The Balaban J connectivity index is 1.93. The number of hydrogen-bond donors (Lipinski definition) is 1. The largest absolute Gasteiger partial charge is 0.387 e. The minimum Gasteiger partial charge on any atom is -0.387 e. The number of rotatable bonds is 4. The molecule has 4 nitrogen and oxygen atoms in total. The van der Waals surface area contributed by atoms with E-state index < -0.39 is 0 Å². The standard InChI is InChI=1S/C15H23N3O/c1-3-4-12-7-9-18(10-8-12)15(19)14-6-5-13(16-2)11-17-14/h5-6,11-12,16H,3-4,7-10H2,1-2H3. The zero-order valence-corrected chi connectivity index (χ0v) is 11.9. The van der Waals surface area contributed by atoms with Gasteiger partial charge in [-0.05, 0) is 30.9 Å². The van der Waals surface area contributed by atoms with Crippen LogP contribution in [0, 0.1) is 5.92 Å². The van der Waals surface area contributed by atoms with Gasteiger partial charge in [-0.2, -0.15) is 0 Å². The first kappa shape index (κ1) is 13.8. The lowest BCUT2D eigenvalue weighted by Crippen LogP contribution is -2.38. The fourth-order valence-corrected chi connectivity index (χ4v) is 2.66. The first-order valence-electron chi connectivity index (χ1n) is 7.17. The van der Waals surface area contributed by atoms with Gasteiger partial charge in [0.05, 0.1) is 11.9 Å². The lowest BCUT2D eigenvalue weighted by molar-refractivity contribution is 0.0680. The summed E-state index contributed by atoms with van der Waals surface area (Å²) in [7, 11) is 1.84. The predicted molar refractivity (Wildman–Crippen MR) is 77.3 cm³/mol. The van der Waals surface area contributed by atoms with Crippen LogP contribution in [0.5, 0.6) is 0 Å². The second-order valence-electron chi connectivity index (χ2n) is 5.21. The van der Waals surface area contributed by atoms with Crippen molar-refractivity contribution in [3.63, 3.8) is 0 Å². The van der Waals surface area contributed by atoms with Crippen molar-refractivity contribution in [2.24, 2.45) is 5.92 Å². The Morgan fingerprint density at radius 3 is 2.68 bits per heavy atom. The van der Waals surface area contributed by atoms with Crippen molar-refractivity contribution in [2.75, 3.05) is 25.5 Å². The summed E-state index contributed by atoms with van der Waals surface area (Å²) in [5.41, 5.74) is 1.48. The number of anilines is 1. The highest BCUT2D eigenvalue weighted by molar-refractivity contribution is 5.92. The van der Waals surface area contributed by atoms with Gasteiger partial charge in [0, 0.05) is 20.1 Å². The van der Waals surface area contributed by atoms with Gasteiger partial charge in [0.2, 0.25) is 0 Å². The maximum Gasteiger partial charge on any atom is 0.272 e. The van der Waals surface area contributed by atoms with Gasteiger partial charge in [-0.3, -0.25) is 4.79 Å². The minimum atomic E-state index is 0.0672. The third kappa shape index (κ3) is 3.46. The molecule has 1 aliphatic heterocycles. The van der Waals surface area contributed by atoms with Gasteiger partial charge in [-0.25, -0.2) is 4.98 Å². The lowest BCUT2D eigenvalue weighted by Gasteiger charge is -2.31. The number of nitrogens with zero attached hydrogens (tertiary/aromatic N) is 2. The van der Waals surface area contributed by atoms with Crippen molar-refractivity contribution >= 4 is 11.6 Å². The van der Waals surface area contributed by atoms with Crippen molar-refractivity contribution < 1.29 is 4.79 Å². The van der Waals surface area contributed by atoms with Crippen LogP contribution in [0.25, 0.3) is 0 Å². The molecule has 0 unspecified atom stereocenters. The van der Waals surface area contributed by atoms with Gasteiger partial charge in [-0.1, -0.05) is 19.8 Å². The topological polar surface area (TPSA) is 45.2 Å². The fourth-order valence-electron chi connectivity index (χ4n) is 2.66. The summed E-state index contributed by atoms with van der Waals surface area (Å²) in [5, 5.41) is 3.01. The number of piperidine rings is 1. The van der Waals surface area contributed by atoms with Crippen molar-refractivity contribution in [2.45, 2.75) is 32.6 Å². The molecule has 0 bridgehead atoms. The van der Waals surface area contributed by atoms with Crippen LogP contribution in [0.3, 0.4) is 0 Å². The van der Waals surface area contributed by atoms with Crippen LogP contribution in [0.1, 0.15) is 43.1 Å². The highest BCUT2D eigenvalue weighted by Gasteiger charge is 2.23. The Morgan fingerprint density at radius 2 is 2.16 bits per heavy atom. The normalized spacial score (nSPS) is 16.4. The van der Waals surface area contributed by atoms with Crippen LogP contribution >= 0.6 is 0 Å². The molecule has 1 aliphatic rings. The Morgan fingerprint density at radius 1 is 1.42 bits per heavy atom. The molecule has 4 heteroatoms. The summed E-state index contributed by atoms with van der Waals surface area (Å²) in [6.07, 6.45) is 6.50. The average molecular weight is 261 g/mol. The molecule has 1 aromatic heterocycles. The van der Waals surface area contributed by atoms with E-state index in [-0.39, 0.29) is 5.91 Å². The molecule has 0 radical (unpaired) electrons. The smallest absolute Gasteiger partial charge is 0.272 e. The number of aromatic nitrogens is 1. The van der Waals surface area contributed by atoms with Crippen LogP contribution in [0.4, 0.5) is 5.69 Å². The van der Waals surface area contributed by atoms with Gasteiger partial charge < -0.3 is 10.2 Å². The molecule has 1 aromatic rings. The van der Waals surface area contributed by atoms with E-state index in [0.29, 0.717) is 5.69 Å². The van der Waals surface area contributed by atoms with E-state index in [9.17, 15) is 4.79 Å². The molecule has 0 spiro atoms. The zero-order chi connectivity index (χ0) is 13.7. The number of likely N-dealkylation sites (tertiary alicyclic amines) is 1.